The van der Waals surface area contributed by atoms with Crippen LogP contribution in [0, 0.1) is 0 Å². The van der Waals surface area contributed by atoms with Crippen molar-refractivity contribution in [3.63, 3.8) is 0 Å². The molecule has 224 valence electrons. The molecule has 2 aliphatic rings. The first kappa shape index (κ1) is 26.8. The number of para-hydroxylation sites is 1. The summed E-state index contributed by atoms with van der Waals surface area (Å²) >= 11 is 0. The van der Waals surface area contributed by atoms with Crippen LogP contribution in [0.1, 0.15) is 22.3 Å². The quantitative estimate of drug-likeness (QED) is 0.199. The van der Waals surface area contributed by atoms with Crippen LogP contribution in [0.4, 0.5) is 0 Å². The molecule has 4 nitrogen and oxygen atoms in total. The summed E-state index contributed by atoms with van der Waals surface area (Å²) in [5.41, 5.74) is 9.25. The SMILES string of the molecule is c1ccc(-c2nc(-c3ccccc3)nc(-c3cccc4c3Oc3c(ccc5ccccc35)C43c4ccccc4-c4ccccc43)n2)cc1. The lowest BCUT2D eigenvalue weighted by molar-refractivity contribution is 0.443. The van der Waals surface area contributed by atoms with Gasteiger partial charge in [-0.05, 0) is 33.7 Å². The Labute approximate surface area is 278 Å². The fraction of sp³-hybridized carbons (Fsp3) is 0.0227. The molecular weight excluding hydrogens is 587 g/mol. The van der Waals surface area contributed by atoms with Crippen LogP contribution in [0.3, 0.4) is 0 Å². The number of fused-ring (bicyclic) bond motifs is 11. The smallest absolute Gasteiger partial charge is 0.167 e. The summed E-state index contributed by atoms with van der Waals surface area (Å²) in [6.45, 7) is 0. The maximum Gasteiger partial charge on any atom is 0.167 e. The van der Waals surface area contributed by atoms with Gasteiger partial charge in [0.25, 0.3) is 0 Å². The van der Waals surface area contributed by atoms with Gasteiger partial charge in [-0.3, -0.25) is 0 Å². The van der Waals surface area contributed by atoms with Gasteiger partial charge in [0.05, 0.1) is 11.0 Å². The van der Waals surface area contributed by atoms with Crippen LogP contribution >= 0.6 is 0 Å². The molecule has 0 amide bonds. The molecule has 1 aliphatic heterocycles. The van der Waals surface area contributed by atoms with Crippen LogP contribution in [0.15, 0.2) is 164 Å². The van der Waals surface area contributed by atoms with E-state index in [1.165, 1.54) is 22.3 Å². The molecule has 1 aliphatic carbocycles. The number of hydrogen-bond acceptors (Lipinski definition) is 4. The van der Waals surface area contributed by atoms with Crippen LogP contribution < -0.4 is 4.74 Å². The molecule has 0 radical (unpaired) electrons. The molecule has 0 saturated carbocycles. The zero-order valence-electron chi connectivity index (χ0n) is 25.8. The molecule has 0 fully saturated rings. The minimum atomic E-state index is -0.603. The molecule has 0 saturated heterocycles. The van der Waals surface area contributed by atoms with Gasteiger partial charge < -0.3 is 4.74 Å². The highest BCUT2D eigenvalue weighted by atomic mass is 16.5. The van der Waals surface area contributed by atoms with E-state index in [9.17, 15) is 0 Å². The molecule has 1 aromatic heterocycles. The minimum Gasteiger partial charge on any atom is -0.455 e. The van der Waals surface area contributed by atoms with Crippen LogP contribution in [0.5, 0.6) is 11.5 Å². The Hall–Kier alpha value is -6.39. The first-order chi connectivity index (χ1) is 23.8. The van der Waals surface area contributed by atoms with Gasteiger partial charge >= 0.3 is 0 Å². The third kappa shape index (κ3) is 3.74. The summed E-state index contributed by atoms with van der Waals surface area (Å²) in [5, 5.41) is 2.20. The van der Waals surface area contributed by atoms with Crippen LogP contribution in [0.25, 0.3) is 56.1 Å². The number of benzene rings is 7. The van der Waals surface area contributed by atoms with Crippen molar-refractivity contribution in [3.8, 4) is 56.8 Å². The van der Waals surface area contributed by atoms with E-state index >= 15 is 0 Å². The molecule has 4 heteroatoms. The molecule has 0 bridgehead atoms. The van der Waals surface area contributed by atoms with E-state index in [0.29, 0.717) is 17.5 Å². The van der Waals surface area contributed by atoms with Gasteiger partial charge in [-0.1, -0.05) is 158 Å². The summed E-state index contributed by atoms with van der Waals surface area (Å²) in [6, 6.07) is 57.2. The molecular formula is C44H27N3O. The van der Waals surface area contributed by atoms with Gasteiger partial charge in [0.15, 0.2) is 17.5 Å². The molecule has 8 aromatic rings. The van der Waals surface area contributed by atoms with E-state index in [2.05, 4.69) is 103 Å². The van der Waals surface area contributed by atoms with Crippen molar-refractivity contribution < 1.29 is 4.74 Å². The van der Waals surface area contributed by atoms with E-state index in [1.807, 2.05) is 60.7 Å². The third-order valence-corrected chi connectivity index (χ3v) is 9.80. The number of hydrogen-bond donors (Lipinski definition) is 0. The highest BCUT2D eigenvalue weighted by Crippen LogP contribution is 2.63. The van der Waals surface area contributed by atoms with E-state index in [1.54, 1.807) is 0 Å². The van der Waals surface area contributed by atoms with Gasteiger partial charge in [-0.2, -0.15) is 0 Å². The largest absolute Gasteiger partial charge is 0.455 e. The summed E-state index contributed by atoms with van der Waals surface area (Å²) < 4.78 is 7.18. The Morgan fingerprint density at radius 3 is 1.52 bits per heavy atom. The molecule has 10 rings (SSSR count). The topological polar surface area (TPSA) is 47.9 Å². The maximum atomic E-state index is 7.18. The predicted octanol–water partition coefficient (Wildman–Crippen LogP) is 10.5. The first-order valence-electron chi connectivity index (χ1n) is 16.2. The van der Waals surface area contributed by atoms with Gasteiger partial charge in [-0.15, -0.1) is 0 Å². The van der Waals surface area contributed by atoms with Crippen molar-refractivity contribution >= 4 is 10.8 Å². The van der Waals surface area contributed by atoms with E-state index in [-0.39, 0.29) is 0 Å². The highest BCUT2D eigenvalue weighted by Gasteiger charge is 2.51. The second-order valence-electron chi connectivity index (χ2n) is 12.3. The molecule has 7 aromatic carbocycles. The van der Waals surface area contributed by atoms with Crippen molar-refractivity contribution in [2.45, 2.75) is 5.41 Å². The van der Waals surface area contributed by atoms with Crippen molar-refractivity contribution in [3.05, 3.63) is 186 Å². The second-order valence-corrected chi connectivity index (χ2v) is 12.3. The fourth-order valence-electron chi connectivity index (χ4n) is 7.76. The molecule has 1 spiro atoms. The number of aromatic nitrogens is 3. The van der Waals surface area contributed by atoms with E-state index in [4.69, 9.17) is 19.7 Å². The molecule has 0 unspecified atom stereocenters. The Morgan fingerprint density at radius 1 is 0.354 bits per heavy atom. The zero-order chi connectivity index (χ0) is 31.7. The number of rotatable bonds is 3. The number of nitrogens with zero attached hydrogens (tertiary/aromatic N) is 3. The lowest BCUT2D eigenvalue weighted by Gasteiger charge is -2.40. The Kier molecular flexibility index (Phi) is 5.75. The average molecular weight is 614 g/mol. The fourth-order valence-corrected chi connectivity index (χ4v) is 7.76. The van der Waals surface area contributed by atoms with Crippen molar-refractivity contribution in [1.29, 1.82) is 0 Å². The molecule has 2 heterocycles. The van der Waals surface area contributed by atoms with Gasteiger partial charge in [0, 0.05) is 27.6 Å². The normalized spacial score (nSPS) is 13.3. The lowest BCUT2D eigenvalue weighted by Crippen LogP contribution is -2.32. The predicted molar refractivity (Wildman–Crippen MR) is 191 cm³/mol. The van der Waals surface area contributed by atoms with E-state index < -0.39 is 5.41 Å². The van der Waals surface area contributed by atoms with Gasteiger partial charge in [0.2, 0.25) is 0 Å². The summed E-state index contributed by atoms with van der Waals surface area (Å²) in [4.78, 5) is 15.2. The average Bonchev–Trinajstić information content (AvgIpc) is 3.46. The monoisotopic (exact) mass is 613 g/mol. The molecule has 0 N–H and O–H groups in total. The van der Waals surface area contributed by atoms with Crippen molar-refractivity contribution in [1.82, 2.24) is 15.0 Å². The molecule has 48 heavy (non-hydrogen) atoms. The van der Waals surface area contributed by atoms with Crippen LogP contribution in [-0.2, 0) is 5.41 Å². The highest BCUT2D eigenvalue weighted by molar-refractivity contribution is 5.96. The Balaban J connectivity index is 1.31. The standard InChI is InChI=1S/C44H27N3O/c1-3-15-29(16-4-1)41-45-42(30-17-5-2-6-18-30)47-43(46-41)34-22-13-25-37-40(34)48-39-31-19-8-7-14-28(31)26-27-38(39)44(37)35-23-11-9-20-32(35)33-21-10-12-24-36(33)44/h1-27H. The summed E-state index contributed by atoms with van der Waals surface area (Å²) in [6.07, 6.45) is 0. The first-order valence-corrected chi connectivity index (χ1v) is 16.2. The van der Waals surface area contributed by atoms with Crippen molar-refractivity contribution in [2.75, 3.05) is 0 Å². The summed E-state index contributed by atoms with van der Waals surface area (Å²) in [5.74, 6) is 3.42. The molecule has 0 atom stereocenters. The Morgan fingerprint density at radius 2 is 0.854 bits per heavy atom. The lowest BCUT2D eigenvalue weighted by atomic mass is 9.65. The minimum absolute atomic E-state index is 0.568. The maximum absolute atomic E-state index is 7.18. The third-order valence-electron chi connectivity index (χ3n) is 9.80. The second kappa shape index (κ2) is 10.3. The van der Waals surface area contributed by atoms with Crippen LogP contribution in [0.2, 0.25) is 0 Å². The number of ether oxygens (including phenoxy) is 1. The zero-order valence-corrected chi connectivity index (χ0v) is 25.8. The van der Waals surface area contributed by atoms with Crippen molar-refractivity contribution in [2.24, 2.45) is 0 Å². The van der Waals surface area contributed by atoms with Crippen LogP contribution in [-0.4, -0.2) is 15.0 Å². The van der Waals surface area contributed by atoms with Gasteiger partial charge in [0.1, 0.15) is 11.5 Å². The van der Waals surface area contributed by atoms with E-state index in [0.717, 1.165) is 50.1 Å². The summed E-state index contributed by atoms with van der Waals surface area (Å²) in [7, 11) is 0. The van der Waals surface area contributed by atoms with Gasteiger partial charge in [-0.25, -0.2) is 15.0 Å². The Bertz CT molecular complexity index is 2440.